The molecule has 1 aromatic carbocycles. The zero-order valence-electron chi connectivity index (χ0n) is 11.7. The molecule has 0 spiro atoms. The first-order chi connectivity index (χ1) is 10.1. The van der Waals surface area contributed by atoms with Gasteiger partial charge in [0.1, 0.15) is 5.82 Å². The Labute approximate surface area is 122 Å². The number of nitrogens with two attached hydrogens (primary N) is 1. The van der Waals surface area contributed by atoms with Crippen LogP contribution < -0.4 is 10.6 Å². The number of hydrogen-bond donors (Lipinski definition) is 2. The second-order valence-electron chi connectivity index (χ2n) is 5.65. The van der Waals surface area contributed by atoms with Crippen LogP contribution in [-0.4, -0.2) is 36.4 Å². The molecule has 1 saturated heterocycles. The molecule has 0 amide bonds. The summed E-state index contributed by atoms with van der Waals surface area (Å²) < 4.78 is 20.1. The molecular formula is C15H19FN2O3. The van der Waals surface area contributed by atoms with Crippen molar-refractivity contribution in [1.82, 2.24) is 0 Å². The fraction of sp³-hybridized carbons (Fsp3) is 0.533. The summed E-state index contributed by atoms with van der Waals surface area (Å²) in [5.41, 5.74) is 5.81. The molecule has 2 fully saturated rings. The maximum Gasteiger partial charge on any atom is 0.337 e. The van der Waals surface area contributed by atoms with Gasteiger partial charge < -0.3 is 20.5 Å². The van der Waals surface area contributed by atoms with Crippen molar-refractivity contribution in [2.45, 2.75) is 37.8 Å². The number of carboxylic acids is 1. The molecule has 2 aliphatic rings. The number of nitrogen functional groups attached to an aromatic ring is 1. The van der Waals surface area contributed by atoms with Crippen LogP contribution in [0.5, 0.6) is 0 Å². The molecule has 114 valence electrons. The Morgan fingerprint density at radius 1 is 1.38 bits per heavy atom. The van der Waals surface area contributed by atoms with Gasteiger partial charge in [-0.05, 0) is 25.0 Å². The molecule has 1 aliphatic carbocycles. The average molecular weight is 294 g/mol. The zero-order valence-corrected chi connectivity index (χ0v) is 11.7. The third-order valence-corrected chi connectivity index (χ3v) is 4.39. The van der Waals surface area contributed by atoms with E-state index in [-0.39, 0.29) is 23.4 Å². The van der Waals surface area contributed by atoms with Crippen LogP contribution >= 0.6 is 0 Å². The number of rotatable bonds is 2. The van der Waals surface area contributed by atoms with Crippen molar-refractivity contribution in [2.75, 3.05) is 23.8 Å². The first kappa shape index (κ1) is 14.1. The van der Waals surface area contributed by atoms with Crippen LogP contribution in [-0.2, 0) is 4.74 Å². The van der Waals surface area contributed by atoms with Gasteiger partial charge in [0.2, 0.25) is 0 Å². The largest absolute Gasteiger partial charge is 0.478 e. The molecule has 1 saturated carbocycles. The monoisotopic (exact) mass is 294 g/mol. The number of halogens is 1. The van der Waals surface area contributed by atoms with Gasteiger partial charge in [-0.2, -0.15) is 0 Å². The molecule has 0 aromatic heterocycles. The van der Waals surface area contributed by atoms with Crippen LogP contribution in [0.4, 0.5) is 15.8 Å². The van der Waals surface area contributed by atoms with Crippen LogP contribution in [0.25, 0.3) is 0 Å². The highest BCUT2D eigenvalue weighted by Crippen LogP contribution is 2.34. The van der Waals surface area contributed by atoms with Gasteiger partial charge in [-0.1, -0.05) is 12.8 Å². The summed E-state index contributed by atoms with van der Waals surface area (Å²) in [6, 6.07) is 2.57. The van der Waals surface area contributed by atoms with E-state index in [9.17, 15) is 9.18 Å². The van der Waals surface area contributed by atoms with Crippen molar-refractivity contribution >= 4 is 17.3 Å². The van der Waals surface area contributed by atoms with E-state index in [1.807, 2.05) is 4.90 Å². The lowest BCUT2D eigenvalue weighted by molar-refractivity contribution is -0.00891. The molecule has 3 N–H and O–H groups in total. The minimum absolute atomic E-state index is 0.0443. The number of morpholine rings is 1. The Morgan fingerprint density at radius 3 is 2.90 bits per heavy atom. The minimum atomic E-state index is -1.14. The van der Waals surface area contributed by atoms with Crippen molar-refractivity contribution in [3.63, 3.8) is 0 Å². The molecular weight excluding hydrogens is 275 g/mol. The Kier molecular flexibility index (Phi) is 3.71. The van der Waals surface area contributed by atoms with E-state index < -0.39 is 11.8 Å². The second kappa shape index (κ2) is 5.52. The first-order valence-electron chi connectivity index (χ1n) is 7.28. The van der Waals surface area contributed by atoms with E-state index in [0.717, 1.165) is 31.7 Å². The van der Waals surface area contributed by atoms with Crippen LogP contribution in [0.3, 0.4) is 0 Å². The molecule has 2 unspecified atom stereocenters. The Balaban J connectivity index is 1.98. The summed E-state index contributed by atoms with van der Waals surface area (Å²) >= 11 is 0. The van der Waals surface area contributed by atoms with Gasteiger partial charge in [0.05, 0.1) is 30.0 Å². The topological polar surface area (TPSA) is 75.8 Å². The molecule has 0 radical (unpaired) electrons. The number of ether oxygens (including phenoxy) is 1. The number of fused-ring (bicyclic) bond motifs is 1. The molecule has 2 atom stereocenters. The summed E-state index contributed by atoms with van der Waals surface area (Å²) in [5, 5.41) is 9.17. The molecule has 1 aromatic rings. The van der Waals surface area contributed by atoms with E-state index in [0.29, 0.717) is 18.8 Å². The Bertz CT molecular complexity index is 562. The minimum Gasteiger partial charge on any atom is -0.478 e. The lowest BCUT2D eigenvalue weighted by Gasteiger charge is -2.45. The predicted molar refractivity (Wildman–Crippen MR) is 77.1 cm³/mol. The van der Waals surface area contributed by atoms with E-state index in [1.165, 1.54) is 6.07 Å². The number of benzene rings is 1. The summed E-state index contributed by atoms with van der Waals surface area (Å²) in [7, 11) is 0. The zero-order chi connectivity index (χ0) is 15.0. The van der Waals surface area contributed by atoms with Gasteiger partial charge in [-0.15, -0.1) is 0 Å². The Morgan fingerprint density at radius 2 is 2.14 bits per heavy atom. The van der Waals surface area contributed by atoms with Gasteiger partial charge in [0, 0.05) is 12.2 Å². The molecule has 0 bridgehead atoms. The van der Waals surface area contributed by atoms with Gasteiger partial charge in [-0.25, -0.2) is 9.18 Å². The molecule has 21 heavy (non-hydrogen) atoms. The van der Waals surface area contributed by atoms with Gasteiger partial charge in [-0.3, -0.25) is 0 Å². The SMILES string of the molecule is Nc1cc(F)c(N2CCOC3CCCCC32)cc1C(=O)O. The lowest BCUT2D eigenvalue weighted by Crippen LogP contribution is -2.53. The van der Waals surface area contributed by atoms with E-state index in [2.05, 4.69) is 0 Å². The number of carboxylic acid groups (broad SMARTS) is 1. The molecule has 3 rings (SSSR count). The van der Waals surface area contributed by atoms with E-state index >= 15 is 0 Å². The maximum absolute atomic E-state index is 14.3. The van der Waals surface area contributed by atoms with Crippen LogP contribution in [0.15, 0.2) is 12.1 Å². The molecule has 5 nitrogen and oxygen atoms in total. The van der Waals surface area contributed by atoms with Gasteiger partial charge >= 0.3 is 5.97 Å². The number of anilines is 2. The fourth-order valence-electron chi connectivity index (χ4n) is 3.38. The van der Waals surface area contributed by atoms with Gasteiger partial charge in [0.15, 0.2) is 0 Å². The van der Waals surface area contributed by atoms with E-state index in [4.69, 9.17) is 15.6 Å². The number of carbonyl (C=O) groups is 1. The lowest BCUT2D eigenvalue weighted by atomic mass is 9.89. The van der Waals surface area contributed by atoms with Gasteiger partial charge in [0.25, 0.3) is 0 Å². The summed E-state index contributed by atoms with van der Waals surface area (Å²) in [6.45, 7) is 1.11. The van der Waals surface area contributed by atoms with Crippen LogP contribution in [0.2, 0.25) is 0 Å². The van der Waals surface area contributed by atoms with Crippen LogP contribution in [0, 0.1) is 5.82 Å². The summed E-state index contributed by atoms with van der Waals surface area (Å²) in [5.74, 6) is -1.61. The number of aromatic carboxylic acids is 1. The highest BCUT2D eigenvalue weighted by molar-refractivity contribution is 5.95. The highest BCUT2D eigenvalue weighted by Gasteiger charge is 2.35. The van der Waals surface area contributed by atoms with Crippen molar-refractivity contribution in [3.05, 3.63) is 23.5 Å². The summed E-state index contributed by atoms with van der Waals surface area (Å²) in [4.78, 5) is 13.2. The first-order valence-corrected chi connectivity index (χ1v) is 7.28. The Hall–Kier alpha value is -1.82. The average Bonchev–Trinajstić information content (AvgIpc) is 2.46. The third-order valence-electron chi connectivity index (χ3n) is 4.39. The van der Waals surface area contributed by atoms with Crippen molar-refractivity contribution in [3.8, 4) is 0 Å². The predicted octanol–water partition coefficient (Wildman–Crippen LogP) is 2.25. The smallest absolute Gasteiger partial charge is 0.337 e. The number of hydrogen-bond acceptors (Lipinski definition) is 4. The molecule has 1 aliphatic heterocycles. The van der Waals surface area contributed by atoms with E-state index in [1.54, 1.807) is 0 Å². The van der Waals surface area contributed by atoms with Crippen LogP contribution in [0.1, 0.15) is 36.0 Å². The third kappa shape index (κ3) is 2.55. The molecule has 6 heteroatoms. The number of nitrogens with zero attached hydrogens (tertiary/aromatic N) is 1. The van der Waals surface area contributed by atoms with Crippen molar-refractivity contribution in [2.24, 2.45) is 0 Å². The maximum atomic E-state index is 14.3. The summed E-state index contributed by atoms with van der Waals surface area (Å²) in [6.07, 6.45) is 4.24. The van der Waals surface area contributed by atoms with Crippen molar-refractivity contribution in [1.29, 1.82) is 0 Å². The fourth-order valence-corrected chi connectivity index (χ4v) is 3.38. The quantitative estimate of drug-likeness (QED) is 0.818. The normalized spacial score (nSPS) is 25.5. The second-order valence-corrected chi connectivity index (χ2v) is 5.65. The van der Waals surface area contributed by atoms with Crippen molar-refractivity contribution < 1.29 is 19.0 Å². The highest BCUT2D eigenvalue weighted by atomic mass is 19.1. The standard InChI is InChI=1S/C15H19FN2O3/c16-10-8-11(17)9(15(19)20)7-13(10)18-5-6-21-14-4-2-1-3-12(14)18/h7-8,12,14H,1-6,17H2,(H,19,20). The molecule has 1 heterocycles.